The number of nitrogens with one attached hydrogen (secondary N) is 3. The van der Waals surface area contributed by atoms with Gasteiger partial charge in [-0.25, -0.2) is 0 Å². The minimum Gasteiger partial charge on any atom is -0.350 e. The Bertz CT molecular complexity index is 1090. The van der Waals surface area contributed by atoms with Gasteiger partial charge in [-0.2, -0.15) is 0 Å². The molecule has 9 heteroatoms. The van der Waals surface area contributed by atoms with Crippen molar-refractivity contribution >= 4 is 29.3 Å². The van der Waals surface area contributed by atoms with E-state index < -0.39 is 24.0 Å². The fraction of sp³-hybridized carbons (Fsp3) is 0.607. The molecule has 3 fully saturated rings. The fourth-order valence-electron chi connectivity index (χ4n) is 6.27. The molecule has 1 aromatic carbocycles. The number of hydrogen-bond acceptors (Lipinski definition) is 6. The van der Waals surface area contributed by atoms with Crippen molar-refractivity contribution in [1.82, 2.24) is 20.9 Å². The van der Waals surface area contributed by atoms with Crippen molar-refractivity contribution in [2.24, 2.45) is 5.92 Å². The Morgan fingerprint density at radius 1 is 1.11 bits per heavy atom. The van der Waals surface area contributed by atoms with Crippen molar-refractivity contribution in [3.05, 3.63) is 35.4 Å². The number of amides is 3. The lowest BCUT2D eigenvalue weighted by molar-refractivity contribution is -0.145. The Balaban J connectivity index is 1.47. The molecule has 2 unspecified atom stereocenters. The van der Waals surface area contributed by atoms with Crippen LogP contribution in [-0.4, -0.2) is 64.9 Å². The topological polar surface area (TPSA) is 125 Å². The number of ketones is 2. The monoisotopic (exact) mass is 510 g/mol. The maximum atomic E-state index is 13.7. The third-order valence-electron chi connectivity index (χ3n) is 8.43. The molecule has 1 spiro atoms. The van der Waals surface area contributed by atoms with E-state index in [4.69, 9.17) is 0 Å². The molecule has 200 valence electrons. The molecule has 37 heavy (non-hydrogen) atoms. The Kier molecular flexibility index (Phi) is 7.83. The van der Waals surface area contributed by atoms with Crippen LogP contribution >= 0.6 is 0 Å². The van der Waals surface area contributed by atoms with E-state index in [1.54, 1.807) is 37.1 Å². The Labute approximate surface area is 218 Å². The summed E-state index contributed by atoms with van der Waals surface area (Å²) in [7, 11) is 1.70. The van der Waals surface area contributed by atoms with Crippen molar-refractivity contribution < 1.29 is 24.0 Å². The van der Waals surface area contributed by atoms with Gasteiger partial charge >= 0.3 is 0 Å². The van der Waals surface area contributed by atoms with Gasteiger partial charge in [0.1, 0.15) is 29.6 Å². The molecule has 3 amide bonds. The molecule has 1 aliphatic carbocycles. The highest BCUT2D eigenvalue weighted by Crippen LogP contribution is 2.59. The van der Waals surface area contributed by atoms with E-state index in [2.05, 4.69) is 16.0 Å². The van der Waals surface area contributed by atoms with E-state index in [1.165, 1.54) is 13.8 Å². The van der Waals surface area contributed by atoms with Gasteiger partial charge in [-0.3, -0.25) is 24.0 Å². The number of carbonyl (C=O) groups is 5. The Morgan fingerprint density at radius 2 is 1.84 bits per heavy atom. The molecule has 0 radical (unpaired) electrons. The lowest BCUT2D eigenvalue weighted by Gasteiger charge is -2.36. The highest BCUT2D eigenvalue weighted by molar-refractivity contribution is 6.05. The first-order valence-corrected chi connectivity index (χ1v) is 13.3. The number of hydrogen-bond donors (Lipinski definition) is 3. The van der Waals surface area contributed by atoms with Gasteiger partial charge in [0, 0.05) is 12.1 Å². The highest BCUT2D eigenvalue weighted by Gasteiger charge is 2.65. The third-order valence-corrected chi connectivity index (χ3v) is 8.43. The highest BCUT2D eigenvalue weighted by atomic mass is 16.2. The maximum Gasteiger partial charge on any atom is 0.246 e. The van der Waals surface area contributed by atoms with Gasteiger partial charge in [0.05, 0.1) is 6.04 Å². The van der Waals surface area contributed by atoms with Crippen LogP contribution in [-0.2, 0) is 30.5 Å². The maximum absolute atomic E-state index is 13.7. The summed E-state index contributed by atoms with van der Waals surface area (Å²) in [6.45, 7) is 4.77. The van der Waals surface area contributed by atoms with E-state index in [0.717, 1.165) is 31.2 Å². The minimum atomic E-state index is -0.812. The molecule has 5 atom stereocenters. The van der Waals surface area contributed by atoms with Crippen LogP contribution in [0, 0.1) is 5.92 Å². The van der Waals surface area contributed by atoms with Gasteiger partial charge in [0.2, 0.25) is 17.7 Å². The quantitative estimate of drug-likeness (QED) is 0.434. The van der Waals surface area contributed by atoms with E-state index >= 15 is 0 Å². The van der Waals surface area contributed by atoms with Gasteiger partial charge < -0.3 is 20.9 Å². The molecule has 0 aromatic heterocycles. The van der Waals surface area contributed by atoms with Crippen LogP contribution in [0.1, 0.15) is 76.3 Å². The number of rotatable bonds is 9. The van der Waals surface area contributed by atoms with Gasteiger partial charge in [0.15, 0.2) is 0 Å². The summed E-state index contributed by atoms with van der Waals surface area (Å²) in [5.41, 5.74) is 1.12. The summed E-state index contributed by atoms with van der Waals surface area (Å²) in [5, 5.41) is 8.79. The average molecular weight is 511 g/mol. The van der Waals surface area contributed by atoms with Crippen molar-refractivity contribution in [3.8, 4) is 0 Å². The second-order valence-corrected chi connectivity index (χ2v) is 10.9. The Morgan fingerprint density at radius 3 is 2.51 bits per heavy atom. The summed E-state index contributed by atoms with van der Waals surface area (Å²) in [6.07, 6.45) is 4.74. The first kappa shape index (κ1) is 27.0. The van der Waals surface area contributed by atoms with Crippen LogP contribution in [0.25, 0.3) is 0 Å². The van der Waals surface area contributed by atoms with Crippen LogP contribution in [0.5, 0.6) is 0 Å². The second kappa shape index (κ2) is 10.7. The number of likely N-dealkylation sites (N-methyl/N-ethyl adjacent to an activating group) is 1. The van der Waals surface area contributed by atoms with Crippen molar-refractivity contribution in [2.45, 2.75) is 95.4 Å². The second-order valence-electron chi connectivity index (χ2n) is 10.9. The van der Waals surface area contributed by atoms with Gasteiger partial charge in [-0.1, -0.05) is 30.7 Å². The van der Waals surface area contributed by atoms with Gasteiger partial charge in [-0.05, 0) is 77.0 Å². The molecule has 2 heterocycles. The summed E-state index contributed by atoms with van der Waals surface area (Å²) in [4.78, 5) is 65.4. The van der Waals surface area contributed by atoms with Gasteiger partial charge in [0.25, 0.3) is 0 Å². The van der Waals surface area contributed by atoms with Crippen molar-refractivity contribution in [3.63, 3.8) is 0 Å². The Hall–Kier alpha value is -3.07. The summed E-state index contributed by atoms with van der Waals surface area (Å²) in [5.74, 6) is -1.44. The molecule has 3 aliphatic rings. The molecule has 3 N–H and O–H groups in total. The summed E-state index contributed by atoms with van der Waals surface area (Å²) in [6, 6.07) is 5.50. The summed E-state index contributed by atoms with van der Waals surface area (Å²) >= 11 is 0. The molecule has 1 aromatic rings. The van der Waals surface area contributed by atoms with E-state index in [0.29, 0.717) is 24.3 Å². The summed E-state index contributed by atoms with van der Waals surface area (Å²) < 4.78 is 0. The number of Topliss-reactive ketones (excluding diaryl/α,β-unsaturated/α-hetero) is 2. The standard InChI is InChI=1S/C28H38N4O5/c1-16(29-4)25(35)31-22-10-6-9-21-14-28(21)12-11-23(32(28)27(22)37)26(36)30-15-19-7-5-8-20(13-19)24(17(2)33)18(3)34/h5,7-8,13,16,21-24,29H,6,9-12,14-15H2,1-4H3,(H,30,36)(H,31,35)/t16-,21?,22-,23-,28?/m0/s1. The van der Waals surface area contributed by atoms with E-state index in [1.807, 2.05) is 6.07 Å². The first-order valence-electron chi connectivity index (χ1n) is 13.3. The van der Waals surface area contributed by atoms with Crippen LogP contribution < -0.4 is 16.0 Å². The van der Waals surface area contributed by atoms with Crippen LogP contribution in [0.15, 0.2) is 24.3 Å². The molecule has 1 saturated carbocycles. The molecule has 2 aliphatic heterocycles. The van der Waals surface area contributed by atoms with E-state index in [9.17, 15) is 24.0 Å². The molecule has 2 saturated heterocycles. The minimum absolute atomic E-state index is 0.163. The average Bonchev–Trinajstić information content (AvgIpc) is 3.39. The van der Waals surface area contributed by atoms with Crippen molar-refractivity contribution in [2.75, 3.05) is 7.05 Å². The number of carbonyl (C=O) groups excluding carboxylic acids is 5. The zero-order valence-corrected chi connectivity index (χ0v) is 22.1. The first-order chi connectivity index (χ1) is 17.6. The lowest BCUT2D eigenvalue weighted by Crippen LogP contribution is -2.58. The molecular formula is C28H38N4O5. The van der Waals surface area contributed by atoms with Crippen LogP contribution in [0.3, 0.4) is 0 Å². The van der Waals surface area contributed by atoms with E-state index in [-0.39, 0.29) is 41.4 Å². The van der Waals surface area contributed by atoms with Crippen LogP contribution in [0.2, 0.25) is 0 Å². The molecule has 0 bridgehead atoms. The predicted molar refractivity (Wildman–Crippen MR) is 137 cm³/mol. The largest absolute Gasteiger partial charge is 0.350 e. The smallest absolute Gasteiger partial charge is 0.246 e. The van der Waals surface area contributed by atoms with Crippen molar-refractivity contribution in [1.29, 1.82) is 0 Å². The predicted octanol–water partition coefficient (Wildman–Crippen LogP) is 1.59. The number of nitrogens with zero attached hydrogens (tertiary/aromatic N) is 1. The lowest BCUT2D eigenvalue weighted by atomic mass is 9.91. The fourth-order valence-corrected chi connectivity index (χ4v) is 6.27. The molecular weight excluding hydrogens is 472 g/mol. The third kappa shape index (κ3) is 5.32. The zero-order chi connectivity index (χ0) is 26.9. The SMILES string of the molecule is CN[C@@H](C)C(=O)N[C@H]1CCCC2CC23CC[C@@H](C(=O)NCc2cccc(C(C(C)=O)C(C)=O)c2)N3C1=O. The molecule has 9 nitrogen and oxygen atoms in total. The normalized spacial score (nSPS) is 27.4. The number of benzene rings is 1. The van der Waals surface area contributed by atoms with Crippen LogP contribution in [0.4, 0.5) is 0 Å². The zero-order valence-electron chi connectivity index (χ0n) is 22.1. The molecule has 4 rings (SSSR count). The van der Waals surface area contributed by atoms with Gasteiger partial charge in [-0.15, -0.1) is 0 Å².